The molecule has 0 spiro atoms. The van der Waals surface area contributed by atoms with Crippen LogP contribution in [0, 0.1) is 11.7 Å². The van der Waals surface area contributed by atoms with Crippen molar-refractivity contribution < 1.29 is 9.13 Å². The molecule has 1 rings (SSSR count). The van der Waals surface area contributed by atoms with Gasteiger partial charge in [0.05, 0.1) is 6.61 Å². The molecule has 0 heterocycles. The molecule has 0 aliphatic rings. The molecule has 1 atom stereocenters. The molecular weight excluding hydrogens is 237 g/mol. The van der Waals surface area contributed by atoms with Gasteiger partial charge in [0.1, 0.15) is 16.6 Å². The molecule has 94 valence electrons. The minimum atomic E-state index is -0.432. The first kappa shape index (κ1) is 13.9. The summed E-state index contributed by atoms with van der Waals surface area (Å²) in [5.74, 6) is 0.557. The van der Waals surface area contributed by atoms with Crippen molar-refractivity contribution in [1.82, 2.24) is 0 Å². The minimum Gasteiger partial charge on any atom is -0.493 e. The van der Waals surface area contributed by atoms with Gasteiger partial charge < -0.3 is 10.5 Å². The van der Waals surface area contributed by atoms with Crippen LogP contribution < -0.4 is 10.5 Å². The Bertz CT molecular complexity index is 395. The Kier molecular flexibility index (Phi) is 5.35. The summed E-state index contributed by atoms with van der Waals surface area (Å²) in [5.41, 5.74) is 5.64. The van der Waals surface area contributed by atoms with E-state index in [2.05, 4.69) is 13.8 Å². The van der Waals surface area contributed by atoms with Crippen LogP contribution in [0.5, 0.6) is 5.75 Å². The number of thiocarbonyl (C=S) groups is 1. The van der Waals surface area contributed by atoms with Gasteiger partial charge in [-0.15, -0.1) is 0 Å². The Balaban J connectivity index is 2.62. The van der Waals surface area contributed by atoms with E-state index in [1.54, 1.807) is 12.1 Å². The van der Waals surface area contributed by atoms with Crippen molar-refractivity contribution >= 4 is 17.2 Å². The lowest BCUT2D eigenvalue weighted by molar-refractivity contribution is 0.250. The first-order valence-corrected chi connectivity index (χ1v) is 6.17. The van der Waals surface area contributed by atoms with E-state index in [1.807, 2.05) is 0 Å². The maximum absolute atomic E-state index is 13.5. The third-order valence-corrected chi connectivity index (χ3v) is 2.74. The highest BCUT2D eigenvalue weighted by Crippen LogP contribution is 2.18. The summed E-state index contributed by atoms with van der Waals surface area (Å²) in [6, 6.07) is 4.57. The second-order valence-corrected chi connectivity index (χ2v) is 4.65. The van der Waals surface area contributed by atoms with Gasteiger partial charge in [-0.3, -0.25) is 0 Å². The van der Waals surface area contributed by atoms with Crippen molar-refractivity contribution in [2.75, 3.05) is 6.61 Å². The monoisotopic (exact) mass is 255 g/mol. The van der Waals surface area contributed by atoms with E-state index in [-0.39, 0.29) is 10.6 Å². The van der Waals surface area contributed by atoms with Crippen LogP contribution in [0.15, 0.2) is 18.2 Å². The lowest BCUT2D eigenvalue weighted by Crippen LogP contribution is -2.12. The molecule has 1 unspecified atom stereocenters. The molecule has 0 aliphatic carbocycles. The number of halogens is 1. The quantitative estimate of drug-likeness (QED) is 0.792. The standard InChI is InChI=1S/C13H18FNOS/c1-3-4-9(2)8-16-10-5-6-11(13(15)17)12(14)7-10/h5-7,9H,3-4,8H2,1-2H3,(H2,15,17). The molecule has 1 aromatic rings. The van der Waals surface area contributed by atoms with Gasteiger partial charge in [0.2, 0.25) is 0 Å². The lowest BCUT2D eigenvalue weighted by Gasteiger charge is -2.12. The van der Waals surface area contributed by atoms with Crippen LogP contribution in [0.1, 0.15) is 32.3 Å². The average molecular weight is 255 g/mol. The molecule has 4 heteroatoms. The minimum absolute atomic E-state index is 0.0633. The van der Waals surface area contributed by atoms with E-state index in [0.717, 1.165) is 12.8 Å². The van der Waals surface area contributed by atoms with Crippen LogP contribution in [0.2, 0.25) is 0 Å². The number of rotatable bonds is 6. The van der Waals surface area contributed by atoms with Crippen molar-refractivity contribution in [1.29, 1.82) is 0 Å². The Hall–Kier alpha value is -1.16. The SMILES string of the molecule is CCCC(C)COc1ccc(C(N)=S)c(F)c1. The highest BCUT2D eigenvalue weighted by Gasteiger charge is 2.07. The Labute approximate surface area is 107 Å². The van der Waals surface area contributed by atoms with Gasteiger partial charge in [-0.05, 0) is 24.5 Å². The summed E-state index contributed by atoms with van der Waals surface area (Å²) in [7, 11) is 0. The number of hydrogen-bond donors (Lipinski definition) is 1. The fraction of sp³-hybridized carbons (Fsp3) is 0.462. The van der Waals surface area contributed by atoms with Crippen LogP contribution >= 0.6 is 12.2 Å². The summed E-state index contributed by atoms with van der Waals surface area (Å²) in [5, 5.41) is 0. The maximum Gasteiger partial charge on any atom is 0.137 e. The molecule has 0 amide bonds. The summed E-state index contributed by atoms with van der Waals surface area (Å²) in [6.45, 7) is 4.84. The third-order valence-electron chi connectivity index (χ3n) is 2.52. The van der Waals surface area contributed by atoms with Gasteiger partial charge in [-0.2, -0.15) is 0 Å². The fourth-order valence-corrected chi connectivity index (χ4v) is 1.77. The molecule has 0 aliphatic heterocycles. The van der Waals surface area contributed by atoms with Crippen molar-refractivity contribution in [3.05, 3.63) is 29.6 Å². The number of ether oxygens (including phenoxy) is 1. The smallest absolute Gasteiger partial charge is 0.137 e. The van der Waals surface area contributed by atoms with Gasteiger partial charge in [0, 0.05) is 11.6 Å². The zero-order valence-corrected chi connectivity index (χ0v) is 11.0. The third kappa shape index (κ3) is 4.30. The van der Waals surface area contributed by atoms with Crippen molar-refractivity contribution in [2.45, 2.75) is 26.7 Å². The van der Waals surface area contributed by atoms with Crippen LogP contribution in [0.25, 0.3) is 0 Å². The van der Waals surface area contributed by atoms with Crippen molar-refractivity contribution in [2.24, 2.45) is 11.7 Å². The normalized spacial score (nSPS) is 12.2. The molecule has 0 aromatic heterocycles. The zero-order valence-electron chi connectivity index (χ0n) is 10.2. The number of benzene rings is 1. The molecule has 1 aromatic carbocycles. The molecule has 0 saturated carbocycles. The topological polar surface area (TPSA) is 35.2 Å². The van der Waals surface area contributed by atoms with Crippen LogP contribution in [-0.2, 0) is 0 Å². The molecule has 0 fully saturated rings. The second kappa shape index (κ2) is 6.55. The first-order chi connectivity index (χ1) is 8.04. The van der Waals surface area contributed by atoms with E-state index in [0.29, 0.717) is 18.3 Å². The molecule has 0 bridgehead atoms. The zero-order chi connectivity index (χ0) is 12.8. The molecule has 0 radical (unpaired) electrons. The van der Waals surface area contributed by atoms with Gasteiger partial charge in [-0.25, -0.2) is 4.39 Å². The first-order valence-electron chi connectivity index (χ1n) is 5.76. The second-order valence-electron chi connectivity index (χ2n) is 4.21. The van der Waals surface area contributed by atoms with Crippen LogP contribution in [0.4, 0.5) is 4.39 Å². The van der Waals surface area contributed by atoms with Gasteiger partial charge >= 0.3 is 0 Å². The molecule has 2 N–H and O–H groups in total. The summed E-state index contributed by atoms with van der Waals surface area (Å²) in [6.07, 6.45) is 2.23. The van der Waals surface area contributed by atoms with Crippen LogP contribution in [-0.4, -0.2) is 11.6 Å². The maximum atomic E-state index is 13.5. The van der Waals surface area contributed by atoms with Crippen LogP contribution in [0.3, 0.4) is 0 Å². The largest absolute Gasteiger partial charge is 0.493 e. The summed E-state index contributed by atoms with van der Waals surface area (Å²) >= 11 is 4.73. The van der Waals surface area contributed by atoms with Crippen molar-refractivity contribution in [3.63, 3.8) is 0 Å². The molecular formula is C13H18FNOS. The number of nitrogens with two attached hydrogens (primary N) is 1. The molecule has 17 heavy (non-hydrogen) atoms. The van der Waals surface area contributed by atoms with Gasteiger partial charge in [0.15, 0.2) is 0 Å². The highest BCUT2D eigenvalue weighted by atomic mass is 32.1. The average Bonchev–Trinajstić information content (AvgIpc) is 2.26. The van der Waals surface area contributed by atoms with E-state index in [9.17, 15) is 4.39 Å². The van der Waals surface area contributed by atoms with Gasteiger partial charge in [-0.1, -0.05) is 32.5 Å². The van der Waals surface area contributed by atoms with Gasteiger partial charge in [0.25, 0.3) is 0 Å². The van der Waals surface area contributed by atoms with Crippen molar-refractivity contribution in [3.8, 4) is 5.75 Å². The predicted octanol–water partition coefficient (Wildman–Crippen LogP) is 3.27. The molecule has 0 saturated heterocycles. The lowest BCUT2D eigenvalue weighted by atomic mass is 10.1. The summed E-state index contributed by atoms with van der Waals surface area (Å²) in [4.78, 5) is 0.0633. The molecule has 2 nitrogen and oxygen atoms in total. The Morgan fingerprint density at radius 1 is 1.53 bits per heavy atom. The van der Waals surface area contributed by atoms with E-state index < -0.39 is 5.82 Å². The van der Waals surface area contributed by atoms with E-state index >= 15 is 0 Å². The van der Waals surface area contributed by atoms with E-state index in [4.69, 9.17) is 22.7 Å². The predicted molar refractivity (Wildman–Crippen MR) is 71.9 cm³/mol. The fourth-order valence-electron chi connectivity index (χ4n) is 1.60. The summed E-state index contributed by atoms with van der Waals surface area (Å²) < 4.78 is 19.0. The van der Waals surface area contributed by atoms with E-state index in [1.165, 1.54) is 6.07 Å². The Morgan fingerprint density at radius 3 is 2.76 bits per heavy atom. The highest BCUT2D eigenvalue weighted by molar-refractivity contribution is 7.80. The Morgan fingerprint density at radius 2 is 2.24 bits per heavy atom. The number of hydrogen-bond acceptors (Lipinski definition) is 2.